The van der Waals surface area contributed by atoms with Crippen molar-refractivity contribution in [3.63, 3.8) is 0 Å². The molecule has 3 nitrogen and oxygen atoms in total. The predicted octanol–water partition coefficient (Wildman–Crippen LogP) is 3.10. The molecule has 1 saturated carbocycles. The maximum Gasteiger partial charge on any atom is 0.321 e. The standard InChI is InChI=1S/C17H25NO2/c1-12-8-13(2)10-15(9-12)18-16(17(19)20)11-14-6-4-3-5-7-14/h3-7,12-13,15-16,18H,8-11H2,1-2H3,(H,19,20)/t12?,13?,15?,16-/m1/s1. The van der Waals surface area contributed by atoms with Gasteiger partial charge in [-0.05, 0) is 43.1 Å². The zero-order valence-corrected chi connectivity index (χ0v) is 12.4. The average molecular weight is 275 g/mol. The third-order valence-electron chi connectivity index (χ3n) is 4.20. The van der Waals surface area contributed by atoms with Crippen LogP contribution in [-0.2, 0) is 11.2 Å². The highest BCUT2D eigenvalue weighted by Crippen LogP contribution is 2.28. The molecule has 1 aromatic rings. The van der Waals surface area contributed by atoms with Gasteiger partial charge in [-0.1, -0.05) is 44.2 Å². The summed E-state index contributed by atoms with van der Waals surface area (Å²) in [6.45, 7) is 4.52. The molecule has 0 radical (unpaired) electrons. The Morgan fingerprint density at radius 1 is 1.20 bits per heavy atom. The van der Waals surface area contributed by atoms with E-state index in [1.54, 1.807) is 0 Å². The van der Waals surface area contributed by atoms with Crippen LogP contribution in [0.15, 0.2) is 30.3 Å². The van der Waals surface area contributed by atoms with Gasteiger partial charge in [0.25, 0.3) is 0 Å². The minimum atomic E-state index is -0.750. The van der Waals surface area contributed by atoms with Gasteiger partial charge in [0, 0.05) is 6.04 Å². The van der Waals surface area contributed by atoms with E-state index in [2.05, 4.69) is 19.2 Å². The van der Waals surface area contributed by atoms with E-state index >= 15 is 0 Å². The fraction of sp³-hybridized carbons (Fsp3) is 0.588. The summed E-state index contributed by atoms with van der Waals surface area (Å²) < 4.78 is 0. The van der Waals surface area contributed by atoms with Gasteiger partial charge in [0.1, 0.15) is 6.04 Å². The number of carboxylic acids is 1. The molecule has 20 heavy (non-hydrogen) atoms. The molecule has 0 aromatic heterocycles. The maximum atomic E-state index is 11.5. The highest BCUT2D eigenvalue weighted by molar-refractivity contribution is 5.74. The Morgan fingerprint density at radius 3 is 2.35 bits per heavy atom. The van der Waals surface area contributed by atoms with Gasteiger partial charge in [0.05, 0.1) is 0 Å². The third-order valence-corrected chi connectivity index (χ3v) is 4.20. The van der Waals surface area contributed by atoms with Crippen molar-refractivity contribution in [2.24, 2.45) is 11.8 Å². The number of nitrogens with one attached hydrogen (secondary N) is 1. The Kier molecular flexibility index (Phi) is 5.18. The number of hydrogen-bond acceptors (Lipinski definition) is 2. The largest absolute Gasteiger partial charge is 0.480 e. The number of carboxylic acid groups (broad SMARTS) is 1. The molecule has 0 bridgehead atoms. The molecule has 0 amide bonds. The van der Waals surface area contributed by atoms with E-state index in [1.165, 1.54) is 6.42 Å². The van der Waals surface area contributed by atoms with Crippen LogP contribution in [0.2, 0.25) is 0 Å². The number of carbonyl (C=O) groups is 1. The second-order valence-corrected chi connectivity index (χ2v) is 6.36. The molecule has 110 valence electrons. The molecule has 2 rings (SSSR count). The average Bonchev–Trinajstić information content (AvgIpc) is 2.38. The first-order chi connectivity index (χ1) is 9.54. The lowest BCUT2D eigenvalue weighted by Crippen LogP contribution is -2.47. The summed E-state index contributed by atoms with van der Waals surface area (Å²) in [5.74, 6) is 0.615. The third kappa shape index (κ3) is 4.34. The minimum Gasteiger partial charge on any atom is -0.480 e. The topological polar surface area (TPSA) is 49.3 Å². The van der Waals surface area contributed by atoms with E-state index < -0.39 is 12.0 Å². The fourth-order valence-corrected chi connectivity index (χ4v) is 3.43. The summed E-state index contributed by atoms with van der Waals surface area (Å²) >= 11 is 0. The molecule has 1 aliphatic rings. The van der Waals surface area contributed by atoms with Gasteiger partial charge in [0.2, 0.25) is 0 Å². The lowest BCUT2D eigenvalue weighted by atomic mass is 9.80. The quantitative estimate of drug-likeness (QED) is 0.868. The van der Waals surface area contributed by atoms with Crippen LogP contribution < -0.4 is 5.32 Å². The predicted molar refractivity (Wildman–Crippen MR) is 80.7 cm³/mol. The monoisotopic (exact) mass is 275 g/mol. The van der Waals surface area contributed by atoms with Crippen LogP contribution >= 0.6 is 0 Å². The van der Waals surface area contributed by atoms with Crippen LogP contribution in [0.4, 0.5) is 0 Å². The Balaban J connectivity index is 1.97. The van der Waals surface area contributed by atoms with Crippen molar-refractivity contribution >= 4 is 5.97 Å². The van der Waals surface area contributed by atoms with Gasteiger partial charge in [0.15, 0.2) is 0 Å². The molecule has 2 N–H and O–H groups in total. The van der Waals surface area contributed by atoms with Gasteiger partial charge in [-0.2, -0.15) is 0 Å². The molecule has 3 atom stereocenters. The summed E-state index contributed by atoms with van der Waals surface area (Å²) in [6, 6.07) is 9.70. The Bertz CT molecular complexity index is 422. The molecule has 0 spiro atoms. The zero-order chi connectivity index (χ0) is 14.5. The SMILES string of the molecule is CC1CC(C)CC(N[C@H](Cc2ccccc2)C(=O)O)C1. The molecule has 0 saturated heterocycles. The van der Waals surface area contributed by atoms with Gasteiger partial charge in [-0.25, -0.2) is 0 Å². The van der Waals surface area contributed by atoms with Crippen molar-refractivity contribution in [3.8, 4) is 0 Å². The van der Waals surface area contributed by atoms with Crippen molar-refractivity contribution in [1.82, 2.24) is 5.32 Å². The van der Waals surface area contributed by atoms with E-state index in [0.29, 0.717) is 24.3 Å². The van der Waals surface area contributed by atoms with E-state index in [-0.39, 0.29) is 0 Å². The molecule has 1 aromatic carbocycles. The smallest absolute Gasteiger partial charge is 0.321 e. The molecule has 3 heteroatoms. The lowest BCUT2D eigenvalue weighted by Gasteiger charge is -2.33. The fourth-order valence-electron chi connectivity index (χ4n) is 3.43. The zero-order valence-electron chi connectivity index (χ0n) is 12.4. The molecule has 2 unspecified atom stereocenters. The van der Waals surface area contributed by atoms with Crippen molar-refractivity contribution in [3.05, 3.63) is 35.9 Å². The molecular formula is C17H25NO2. The van der Waals surface area contributed by atoms with Crippen LogP contribution in [0, 0.1) is 11.8 Å². The van der Waals surface area contributed by atoms with Crippen LogP contribution in [0.3, 0.4) is 0 Å². The van der Waals surface area contributed by atoms with Crippen LogP contribution in [-0.4, -0.2) is 23.2 Å². The van der Waals surface area contributed by atoms with Crippen molar-refractivity contribution < 1.29 is 9.90 Å². The van der Waals surface area contributed by atoms with E-state index in [0.717, 1.165) is 18.4 Å². The molecule has 0 heterocycles. The van der Waals surface area contributed by atoms with Crippen molar-refractivity contribution in [2.45, 2.75) is 51.6 Å². The highest BCUT2D eigenvalue weighted by Gasteiger charge is 2.28. The van der Waals surface area contributed by atoms with E-state index in [1.807, 2.05) is 30.3 Å². The first-order valence-electron chi connectivity index (χ1n) is 7.57. The molecule has 1 aliphatic carbocycles. The minimum absolute atomic E-state index is 0.332. The molecular weight excluding hydrogens is 250 g/mol. The Labute approximate surface area is 121 Å². The van der Waals surface area contributed by atoms with Crippen LogP contribution in [0.1, 0.15) is 38.7 Å². The van der Waals surface area contributed by atoms with Crippen LogP contribution in [0.25, 0.3) is 0 Å². The summed E-state index contributed by atoms with van der Waals surface area (Å²) in [5, 5.41) is 12.8. The van der Waals surface area contributed by atoms with Gasteiger partial charge < -0.3 is 10.4 Å². The van der Waals surface area contributed by atoms with E-state index in [4.69, 9.17) is 0 Å². The number of rotatable bonds is 5. The number of hydrogen-bond donors (Lipinski definition) is 2. The summed E-state index contributed by atoms with van der Waals surface area (Å²) in [7, 11) is 0. The summed E-state index contributed by atoms with van der Waals surface area (Å²) in [6.07, 6.45) is 3.98. The normalized spacial score (nSPS) is 28.0. The first-order valence-corrected chi connectivity index (χ1v) is 7.57. The maximum absolute atomic E-state index is 11.5. The van der Waals surface area contributed by atoms with Crippen LogP contribution in [0.5, 0.6) is 0 Å². The van der Waals surface area contributed by atoms with Gasteiger partial charge in [-0.15, -0.1) is 0 Å². The Morgan fingerprint density at radius 2 is 1.80 bits per heavy atom. The van der Waals surface area contributed by atoms with Gasteiger partial charge >= 0.3 is 5.97 Å². The second kappa shape index (κ2) is 6.89. The Hall–Kier alpha value is -1.35. The molecule has 1 fully saturated rings. The van der Waals surface area contributed by atoms with E-state index in [9.17, 15) is 9.90 Å². The summed E-state index contributed by atoms with van der Waals surface area (Å²) in [4.78, 5) is 11.5. The number of benzene rings is 1. The van der Waals surface area contributed by atoms with Gasteiger partial charge in [-0.3, -0.25) is 4.79 Å². The van der Waals surface area contributed by atoms with Crippen molar-refractivity contribution in [1.29, 1.82) is 0 Å². The van der Waals surface area contributed by atoms with Crippen molar-refractivity contribution in [2.75, 3.05) is 0 Å². The molecule has 0 aliphatic heterocycles. The lowest BCUT2D eigenvalue weighted by molar-refractivity contribution is -0.139. The first kappa shape index (κ1) is 15.0. The highest BCUT2D eigenvalue weighted by atomic mass is 16.4. The second-order valence-electron chi connectivity index (χ2n) is 6.36. The summed E-state index contributed by atoms with van der Waals surface area (Å²) in [5.41, 5.74) is 1.07. The number of aliphatic carboxylic acids is 1.